The summed E-state index contributed by atoms with van der Waals surface area (Å²) in [7, 11) is 0. The van der Waals surface area contributed by atoms with E-state index in [0.717, 1.165) is 243 Å². The molecule has 8 nitrogen and oxygen atoms in total. The average Bonchev–Trinajstić information content (AvgIpc) is 1.62. The molecular formula is C130H82F2N4O4. The van der Waals surface area contributed by atoms with Crippen LogP contribution in [0, 0.1) is 11.6 Å². The van der Waals surface area contributed by atoms with Crippen LogP contribution in [0.4, 0.5) is 77.0 Å². The number of benzene rings is 23. The summed E-state index contributed by atoms with van der Waals surface area (Å²) in [5.41, 5.74) is 25.3. The van der Waals surface area contributed by atoms with E-state index in [-0.39, 0.29) is 11.6 Å². The molecule has 0 amide bonds. The first-order chi connectivity index (χ1) is 69.3. The van der Waals surface area contributed by atoms with Crippen molar-refractivity contribution in [2.24, 2.45) is 0 Å². The molecule has 0 spiro atoms. The molecule has 140 heavy (non-hydrogen) atoms. The van der Waals surface area contributed by atoms with Crippen molar-refractivity contribution in [3.8, 4) is 55.6 Å². The maximum absolute atomic E-state index is 17.9. The van der Waals surface area contributed by atoms with E-state index < -0.39 is 0 Å². The van der Waals surface area contributed by atoms with Crippen molar-refractivity contribution in [1.29, 1.82) is 0 Å². The Hall–Kier alpha value is -18.6. The van der Waals surface area contributed by atoms with Gasteiger partial charge in [0.25, 0.3) is 0 Å². The molecule has 23 aromatic carbocycles. The van der Waals surface area contributed by atoms with Crippen molar-refractivity contribution in [3.05, 3.63) is 509 Å². The first-order valence-corrected chi connectivity index (χ1v) is 47.1. The van der Waals surface area contributed by atoms with Crippen LogP contribution in [0.5, 0.6) is 0 Å². The fraction of sp³-hybridized carbons (Fsp3) is 0. The van der Waals surface area contributed by atoms with Crippen molar-refractivity contribution in [3.63, 3.8) is 0 Å². The van der Waals surface area contributed by atoms with Crippen molar-refractivity contribution >= 4 is 199 Å². The Morgan fingerprint density at radius 2 is 0.443 bits per heavy atom. The fourth-order valence-corrected chi connectivity index (χ4v) is 21.1. The second kappa shape index (κ2) is 34.4. The van der Waals surface area contributed by atoms with Crippen molar-refractivity contribution in [2.45, 2.75) is 0 Å². The van der Waals surface area contributed by atoms with Gasteiger partial charge in [-0.05, 0) is 223 Å². The number of anilines is 12. The van der Waals surface area contributed by atoms with Crippen LogP contribution in [0.2, 0.25) is 0 Å². The molecule has 27 rings (SSSR count). The number of hydrogen-bond donors (Lipinski definition) is 0. The largest absolute Gasteiger partial charge is 0.455 e. The van der Waals surface area contributed by atoms with Gasteiger partial charge in [0, 0.05) is 111 Å². The number of halogens is 2. The zero-order valence-electron chi connectivity index (χ0n) is 75.5. The highest BCUT2D eigenvalue weighted by atomic mass is 19.1. The van der Waals surface area contributed by atoms with E-state index in [1.165, 1.54) is 0 Å². The Kier molecular flexibility index (Phi) is 20.1. The van der Waals surface area contributed by atoms with Gasteiger partial charge in [-0.15, -0.1) is 0 Å². The first kappa shape index (κ1) is 82.1. The van der Waals surface area contributed by atoms with Crippen molar-refractivity contribution in [2.75, 3.05) is 19.6 Å². The van der Waals surface area contributed by atoms with Crippen molar-refractivity contribution in [1.82, 2.24) is 0 Å². The predicted octanol–water partition coefficient (Wildman–Crippen LogP) is 38.1. The minimum Gasteiger partial charge on any atom is -0.455 e. The normalized spacial score (nSPS) is 11.6. The number of fused-ring (bicyclic) bond motifs is 22. The molecule has 4 aromatic heterocycles. The standard InChI is InChI=1S/C68H43FN2O2.C62H39FN2O2/c69-60-41-47(44-20-5-1-6-21-44)40-58(46-24-9-3-10-25-46)66(60)71(61-33-17-15-28-51(61)45-22-7-2-8-23-45)49-36-38-56-59(42-49)52-29-13-14-31-54(52)65-57-39-37-50(43-64(57)73-68(56)65)70(48-26-11-4-12-27-48)62-34-19-32-55-53-30-16-18-35-63(53)72-67(55)62;63-55-37-42(40-18-5-1-6-19-40)36-53(41-20-7-2-8-21-41)60(55)65(44-24-11-4-12-25-44)45-32-34-51-54(38-45)47-26-13-14-28-49(47)59-52-35-33-46(39-58(52)67-62(51)59)64(43-22-9-3-10-23-43)56-30-17-29-50-48-27-15-16-31-57(48)66-61(50)56/h1-43H;1-39H. The van der Waals surface area contributed by atoms with Gasteiger partial charge in [-0.3, -0.25) is 0 Å². The number of furan rings is 4. The Balaban J connectivity index is 0.000000145. The van der Waals surface area contributed by atoms with Crippen LogP contribution in [-0.2, 0) is 0 Å². The molecule has 0 unspecified atom stereocenters. The second-order valence-electron chi connectivity index (χ2n) is 35.4. The van der Waals surface area contributed by atoms with Gasteiger partial charge in [0.05, 0.1) is 39.8 Å². The van der Waals surface area contributed by atoms with E-state index in [9.17, 15) is 0 Å². The van der Waals surface area contributed by atoms with E-state index in [0.29, 0.717) is 11.4 Å². The third-order valence-electron chi connectivity index (χ3n) is 27.3. The van der Waals surface area contributed by atoms with Crippen LogP contribution in [0.1, 0.15) is 0 Å². The molecule has 0 aliphatic carbocycles. The van der Waals surface area contributed by atoms with Crippen LogP contribution in [-0.4, -0.2) is 0 Å². The zero-order chi connectivity index (χ0) is 92.8. The molecule has 0 saturated heterocycles. The summed E-state index contributed by atoms with van der Waals surface area (Å²) >= 11 is 0. The molecular weight excluding hydrogens is 1720 g/mol. The van der Waals surface area contributed by atoms with Gasteiger partial charge in [0.1, 0.15) is 45.1 Å². The molecule has 0 aliphatic heterocycles. The Morgan fingerprint density at radius 3 is 0.864 bits per heavy atom. The Morgan fingerprint density at radius 1 is 0.150 bits per heavy atom. The van der Waals surface area contributed by atoms with E-state index in [4.69, 9.17) is 17.7 Å². The van der Waals surface area contributed by atoms with Crippen LogP contribution in [0.3, 0.4) is 0 Å². The van der Waals surface area contributed by atoms with E-state index in [1.807, 2.05) is 212 Å². The Bertz CT molecular complexity index is 9490. The van der Waals surface area contributed by atoms with E-state index in [2.05, 4.69) is 293 Å². The number of hydrogen-bond acceptors (Lipinski definition) is 8. The summed E-state index contributed by atoms with van der Waals surface area (Å²) in [5.74, 6) is -0.656. The lowest BCUT2D eigenvalue weighted by molar-refractivity contribution is 0.629. The number of rotatable bonds is 17. The SMILES string of the molecule is Fc1cc(-c2ccccc2)cc(-c2ccccc2)c1N(c1ccc2c(c1)c1ccccc1c1c3ccc(N(c4ccccc4)c4cccc5c4oc4ccccc45)cc3oc21)c1ccccc1-c1ccccc1.Fc1cc(-c2ccccc2)cc(-c2ccccc2)c1N(c1ccccc1)c1ccc2c(c1)c1ccccc1c1c3ccc(N(c4ccccc4)c4cccc5c4oc4ccccc45)cc3oc21. The molecule has 0 fully saturated rings. The van der Waals surface area contributed by atoms with Crippen LogP contribution < -0.4 is 19.6 Å². The molecule has 4 heterocycles. The van der Waals surface area contributed by atoms with Crippen LogP contribution in [0.15, 0.2) is 515 Å². The Labute approximate surface area is 804 Å². The summed E-state index contributed by atoms with van der Waals surface area (Å²) in [5, 5.41) is 16.6. The second-order valence-corrected chi connectivity index (χ2v) is 35.4. The minimum absolute atomic E-state index is 0.321. The monoisotopic (exact) mass is 1800 g/mol. The molecule has 0 saturated carbocycles. The maximum Gasteiger partial charge on any atom is 0.159 e. The summed E-state index contributed by atoms with van der Waals surface area (Å²) < 4.78 is 62.7. The van der Waals surface area contributed by atoms with Gasteiger partial charge in [0.2, 0.25) is 0 Å². The number of para-hydroxylation sites is 8. The van der Waals surface area contributed by atoms with Gasteiger partial charge >= 0.3 is 0 Å². The lowest BCUT2D eigenvalue weighted by Gasteiger charge is -2.31. The van der Waals surface area contributed by atoms with Crippen LogP contribution in [0.25, 0.3) is 186 Å². The highest BCUT2D eigenvalue weighted by molar-refractivity contribution is 6.33. The summed E-state index contributed by atoms with van der Waals surface area (Å²) in [6, 6.07) is 169. The molecule has 0 N–H and O–H groups in total. The molecule has 0 radical (unpaired) electrons. The maximum atomic E-state index is 17.9. The highest BCUT2D eigenvalue weighted by Gasteiger charge is 2.31. The quantitative estimate of drug-likeness (QED) is 0.0836. The fourth-order valence-electron chi connectivity index (χ4n) is 21.1. The number of nitrogens with zero attached hydrogens (tertiary/aromatic N) is 4. The summed E-state index contributed by atoms with van der Waals surface area (Å²) in [6.45, 7) is 0. The topological polar surface area (TPSA) is 65.5 Å². The van der Waals surface area contributed by atoms with Gasteiger partial charge in [-0.1, -0.05) is 334 Å². The zero-order valence-corrected chi connectivity index (χ0v) is 75.5. The van der Waals surface area contributed by atoms with Crippen LogP contribution >= 0.6 is 0 Å². The third-order valence-corrected chi connectivity index (χ3v) is 27.3. The molecule has 0 bridgehead atoms. The van der Waals surface area contributed by atoms with Gasteiger partial charge in [0.15, 0.2) is 11.2 Å². The smallest absolute Gasteiger partial charge is 0.159 e. The molecule has 27 aromatic rings. The predicted molar refractivity (Wildman–Crippen MR) is 578 cm³/mol. The minimum atomic E-state index is -0.335. The molecule has 10 heteroatoms. The average molecular weight is 1800 g/mol. The molecule has 0 aliphatic rings. The summed E-state index contributed by atoms with van der Waals surface area (Å²) in [6.07, 6.45) is 0. The van der Waals surface area contributed by atoms with Gasteiger partial charge < -0.3 is 37.3 Å². The van der Waals surface area contributed by atoms with Gasteiger partial charge in [-0.25, -0.2) is 8.78 Å². The van der Waals surface area contributed by atoms with Gasteiger partial charge in [-0.2, -0.15) is 0 Å². The first-order valence-electron chi connectivity index (χ1n) is 47.1. The lowest BCUT2D eigenvalue weighted by Crippen LogP contribution is -2.14. The van der Waals surface area contributed by atoms with E-state index >= 15 is 8.78 Å². The molecule has 0 atom stereocenters. The van der Waals surface area contributed by atoms with E-state index in [1.54, 1.807) is 12.1 Å². The van der Waals surface area contributed by atoms with Crippen molar-refractivity contribution < 1.29 is 26.4 Å². The highest BCUT2D eigenvalue weighted by Crippen LogP contribution is 2.55. The summed E-state index contributed by atoms with van der Waals surface area (Å²) in [4.78, 5) is 8.65. The molecule has 660 valence electrons. The lowest BCUT2D eigenvalue weighted by atomic mass is 9.93. The third kappa shape index (κ3) is 14.1.